The zero-order valence-corrected chi connectivity index (χ0v) is 20.2. The lowest BCUT2D eigenvalue weighted by molar-refractivity contribution is 0.628. The molecule has 1 aromatic heterocycles. The first-order valence-electron chi connectivity index (χ1n) is 12.0. The molecule has 0 aliphatic heterocycles. The van der Waals surface area contributed by atoms with E-state index in [2.05, 4.69) is 103 Å². The van der Waals surface area contributed by atoms with E-state index in [-0.39, 0.29) is 5.82 Å². The van der Waals surface area contributed by atoms with Gasteiger partial charge in [-0.2, -0.15) is 0 Å². The van der Waals surface area contributed by atoms with E-state index in [1.54, 1.807) is 0 Å². The van der Waals surface area contributed by atoms with Crippen LogP contribution in [-0.2, 0) is 0 Å². The fraction of sp³-hybridized carbons (Fsp3) is 0. The first-order valence-corrected chi connectivity index (χ1v) is 12.8. The topological polar surface area (TPSA) is 0 Å². The van der Waals surface area contributed by atoms with Crippen molar-refractivity contribution < 1.29 is 4.39 Å². The Kier molecular flexibility index (Phi) is 4.93. The number of thiophene rings is 1. The van der Waals surface area contributed by atoms with E-state index in [1.165, 1.54) is 65.3 Å². The molecular weight excluding hydrogens is 459 g/mol. The molecule has 0 saturated carbocycles. The SMILES string of the molecule is Fc1ccc(-c2ccc(-c3ccc4cc(-c5ccc6sc7ccccc7c6c5)ccc4c3)cc2)cc1. The van der Waals surface area contributed by atoms with Gasteiger partial charge in [0.15, 0.2) is 0 Å². The minimum Gasteiger partial charge on any atom is -0.207 e. The van der Waals surface area contributed by atoms with Gasteiger partial charge >= 0.3 is 0 Å². The molecule has 0 atom stereocenters. The molecule has 0 spiro atoms. The average Bonchev–Trinajstić information content (AvgIpc) is 3.31. The highest BCUT2D eigenvalue weighted by molar-refractivity contribution is 7.25. The highest BCUT2D eigenvalue weighted by Gasteiger charge is 2.08. The van der Waals surface area contributed by atoms with Gasteiger partial charge in [-0.1, -0.05) is 84.9 Å². The summed E-state index contributed by atoms with van der Waals surface area (Å²) in [5.41, 5.74) is 6.93. The van der Waals surface area contributed by atoms with Crippen molar-refractivity contribution in [2.45, 2.75) is 0 Å². The lowest BCUT2D eigenvalue weighted by Gasteiger charge is -2.09. The predicted molar refractivity (Wildman–Crippen MR) is 153 cm³/mol. The Bertz CT molecular complexity index is 1880. The fourth-order valence-corrected chi connectivity index (χ4v) is 6.09. The van der Waals surface area contributed by atoms with Gasteiger partial charge in [-0.15, -0.1) is 11.3 Å². The lowest BCUT2D eigenvalue weighted by atomic mass is 9.96. The average molecular weight is 481 g/mol. The number of rotatable bonds is 3. The van der Waals surface area contributed by atoms with Crippen molar-refractivity contribution in [2.75, 3.05) is 0 Å². The molecule has 7 aromatic rings. The summed E-state index contributed by atoms with van der Waals surface area (Å²) >= 11 is 1.85. The number of benzene rings is 6. The Hall–Kier alpha value is -4.27. The molecule has 0 nitrogen and oxygen atoms in total. The second kappa shape index (κ2) is 8.44. The number of hydrogen-bond acceptors (Lipinski definition) is 1. The van der Waals surface area contributed by atoms with Crippen LogP contribution >= 0.6 is 11.3 Å². The van der Waals surface area contributed by atoms with Gasteiger partial charge in [-0.05, 0) is 86.6 Å². The van der Waals surface area contributed by atoms with Crippen LogP contribution in [0.5, 0.6) is 0 Å². The summed E-state index contributed by atoms with van der Waals surface area (Å²) in [6, 6.07) is 43.9. The molecule has 6 aromatic carbocycles. The van der Waals surface area contributed by atoms with Crippen LogP contribution in [0.25, 0.3) is 64.3 Å². The summed E-state index contributed by atoms with van der Waals surface area (Å²) in [7, 11) is 0. The molecule has 0 N–H and O–H groups in total. The molecule has 0 bridgehead atoms. The van der Waals surface area contributed by atoms with E-state index >= 15 is 0 Å². The van der Waals surface area contributed by atoms with Gasteiger partial charge in [0.25, 0.3) is 0 Å². The summed E-state index contributed by atoms with van der Waals surface area (Å²) in [4.78, 5) is 0. The maximum absolute atomic E-state index is 13.2. The van der Waals surface area contributed by atoms with E-state index in [9.17, 15) is 4.39 Å². The van der Waals surface area contributed by atoms with Crippen LogP contribution in [0, 0.1) is 5.82 Å². The van der Waals surface area contributed by atoms with Gasteiger partial charge in [-0.25, -0.2) is 4.39 Å². The van der Waals surface area contributed by atoms with Crippen molar-refractivity contribution >= 4 is 42.3 Å². The molecule has 1 heterocycles. The third-order valence-corrected chi connectivity index (χ3v) is 8.10. The van der Waals surface area contributed by atoms with Gasteiger partial charge in [-0.3, -0.25) is 0 Å². The van der Waals surface area contributed by atoms with Gasteiger partial charge in [0.05, 0.1) is 0 Å². The number of hydrogen-bond donors (Lipinski definition) is 0. The van der Waals surface area contributed by atoms with E-state index < -0.39 is 0 Å². The second-order valence-corrected chi connectivity index (χ2v) is 10.3. The van der Waals surface area contributed by atoms with Crippen LogP contribution < -0.4 is 0 Å². The minimum atomic E-state index is -0.213. The van der Waals surface area contributed by atoms with Gasteiger partial charge in [0.2, 0.25) is 0 Å². The summed E-state index contributed by atoms with van der Waals surface area (Å²) in [6.45, 7) is 0. The number of halogens is 1. The zero-order chi connectivity index (χ0) is 24.1. The second-order valence-electron chi connectivity index (χ2n) is 9.17. The molecular formula is C34H21FS. The van der Waals surface area contributed by atoms with E-state index in [0.29, 0.717) is 0 Å². The minimum absolute atomic E-state index is 0.213. The molecule has 0 saturated heterocycles. The third-order valence-electron chi connectivity index (χ3n) is 6.95. The first kappa shape index (κ1) is 21.0. The van der Waals surface area contributed by atoms with Crippen molar-refractivity contribution in [1.29, 1.82) is 0 Å². The molecule has 0 aliphatic rings. The maximum Gasteiger partial charge on any atom is 0.123 e. The van der Waals surface area contributed by atoms with Crippen LogP contribution in [0.15, 0.2) is 127 Å². The molecule has 0 amide bonds. The Labute approximate surface area is 212 Å². The van der Waals surface area contributed by atoms with Crippen molar-refractivity contribution in [1.82, 2.24) is 0 Å². The van der Waals surface area contributed by atoms with Crippen LogP contribution in [-0.4, -0.2) is 0 Å². The summed E-state index contributed by atoms with van der Waals surface area (Å²) < 4.78 is 15.9. The normalized spacial score (nSPS) is 11.5. The van der Waals surface area contributed by atoms with Crippen LogP contribution in [0.1, 0.15) is 0 Å². The van der Waals surface area contributed by atoms with Crippen molar-refractivity contribution in [3.05, 3.63) is 133 Å². The zero-order valence-electron chi connectivity index (χ0n) is 19.4. The Morgan fingerprint density at radius 2 is 0.861 bits per heavy atom. The van der Waals surface area contributed by atoms with Crippen molar-refractivity contribution in [2.24, 2.45) is 0 Å². The smallest absolute Gasteiger partial charge is 0.123 e. The van der Waals surface area contributed by atoms with Crippen LogP contribution in [0.4, 0.5) is 4.39 Å². The third kappa shape index (κ3) is 3.67. The van der Waals surface area contributed by atoms with Crippen LogP contribution in [0.3, 0.4) is 0 Å². The largest absolute Gasteiger partial charge is 0.207 e. The highest BCUT2D eigenvalue weighted by Crippen LogP contribution is 2.37. The van der Waals surface area contributed by atoms with Gasteiger partial charge < -0.3 is 0 Å². The lowest BCUT2D eigenvalue weighted by Crippen LogP contribution is -1.83. The molecule has 0 aliphatic carbocycles. The Balaban J connectivity index is 1.22. The van der Waals surface area contributed by atoms with E-state index in [1.807, 2.05) is 23.5 Å². The highest BCUT2D eigenvalue weighted by atomic mass is 32.1. The van der Waals surface area contributed by atoms with Gasteiger partial charge in [0, 0.05) is 20.2 Å². The fourth-order valence-electron chi connectivity index (χ4n) is 5.01. The molecule has 0 unspecified atom stereocenters. The predicted octanol–water partition coefficient (Wildman–Crippen LogP) is 10.3. The summed E-state index contributed by atoms with van der Waals surface area (Å²) in [5.74, 6) is -0.213. The summed E-state index contributed by atoms with van der Waals surface area (Å²) in [5, 5.41) is 5.11. The standard InChI is InChI=1S/C34H21FS/c35-30-16-13-23(14-17-30)22-5-7-24(8-6-22)25-9-10-27-20-28(12-11-26(27)19-25)29-15-18-34-32(21-29)31-3-1-2-4-33(31)36-34/h1-21H. The first-order chi connectivity index (χ1) is 17.7. The monoisotopic (exact) mass is 480 g/mol. The summed E-state index contributed by atoms with van der Waals surface area (Å²) in [6.07, 6.45) is 0. The molecule has 0 radical (unpaired) electrons. The van der Waals surface area contributed by atoms with Crippen molar-refractivity contribution in [3.63, 3.8) is 0 Å². The van der Waals surface area contributed by atoms with Crippen LogP contribution in [0.2, 0.25) is 0 Å². The van der Waals surface area contributed by atoms with Crippen molar-refractivity contribution in [3.8, 4) is 33.4 Å². The Morgan fingerprint density at radius 1 is 0.389 bits per heavy atom. The Morgan fingerprint density at radius 3 is 1.56 bits per heavy atom. The van der Waals surface area contributed by atoms with Gasteiger partial charge in [0.1, 0.15) is 5.82 Å². The molecule has 7 rings (SSSR count). The molecule has 2 heteroatoms. The van der Waals surface area contributed by atoms with E-state index in [0.717, 1.165) is 11.1 Å². The quantitative estimate of drug-likeness (QED) is 0.236. The number of fused-ring (bicyclic) bond motifs is 4. The van der Waals surface area contributed by atoms with E-state index in [4.69, 9.17) is 0 Å². The molecule has 170 valence electrons. The molecule has 36 heavy (non-hydrogen) atoms. The maximum atomic E-state index is 13.2. The molecule has 0 fully saturated rings.